The van der Waals surface area contributed by atoms with Gasteiger partial charge < -0.3 is 10.1 Å². The fourth-order valence-corrected chi connectivity index (χ4v) is 4.78. The number of sulfonamides is 1. The SMILES string of the molecule is CC(OC(=O)c1cccc(S(=O)(=O)N2CCCC2)c1)C(=O)Nc1ccccc1C(F)(F)F. The van der Waals surface area contributed by atoms with E-state index < -0.39 is 45.4 Å². The number of hydrogen-bond acceptors (Lipinski definition) is 5. The van der Waals surface area contributed by atoms with Crippen LogP contribution in [0.3, 0.4) is 0 Å². The van der Waals surface area contributed by atoms with E-state index in [-0.39, 0.29) is 10.5 Å². The van der Waals surface area contributed by atoms with Crippen molar-refractivity contribution < 1.29 is 35.9 Å². The third kappa shape index (κ3) is 5.28. The monoisotopic (exact) mass is 470 g/mol. The van der Waals surface area contributed by atoms with E-state index in [4.69, 9.17) is 4.74 Å². The molecule has 1 saturated heterocycles. The van der Waals surface area contributed by atoms with Gasteiger partial charge in [-0.3, -0.25) is 4.79 Å². The summed E-state index contributed by atoms with van der Waals surface area (Å²) < 4.78 is 71.0. The van der Waals surface area contributed by atoms with Gasteiger partial charge in [0, 0.05) is 13.1 Å². The highest BCUT2D eigenvalue weighted by molar-refractivity contribution is 7.89. The standard InChI is InChI=1S/C21H21F3N2O5S/c1-14(19(27)25-18-10-3-2-9-17(18)21(22,23)24)31-20(28)15-7-6-8-16(13-15)32(29,30)26-11-4-5-12-26/h2-3,6-10,13-14H,4-5,11-12H2,1H3,(H,25,27). The molecule has 1 atom stereocenters. The number of rotatable bonds is 6. The minimum Gasteiger partial charge on any atom is -0.449 e. The van der Waals surface area contributed by atoms with Crippen LogP contribution in [0.15, 0.2) is 53.4 Å². The van der Waals surface area contributed by atoms with E-state index >= 15 is 0 Å². The summed E-state index contributed by atoms with van der Waals surface area (Å²) in [5.74, 6) is -1.94. The molecule has 2 aromatic carbocycles. The number of anilines is 1. The van der Waals surface area contributed by atoms with Gasteiger partial charge in [0.15, 0.2) is 6.10 Å². The van der Waals surface area contributed by atoms with Gasteiger partial charge in [-0.25, -0.2) is 13.2 Å². The number of para-hydroxylation sites is 1. The Hall–Kier alpha value is -2.92. The van der Waals surface area contributed by atoms with Crippen molar-refractivity contribution >= 4 is 27.6 Å². The van der Waals surface area contributed by atoms with Crippen molar-refractivity contribution in [2.75, 3.05) is 18.4 Å². The van der Waals surface area contributed by atoms with Crippen molar-refractivity contribution in [1.29, 1.82) is 0 Å². The van der Waals surface area contributed by atoms with E-state index in [2.05, 4.69) is 5.32 Å². The average Bonchev–Trinajstić information content (AvgIpc) is 3.29. The summed E-state index contributed by atoms with van der Waals surface area (Å²) in [6, 6.07) is 9.63. The normalized spacial score (nSPS) is 15.9. The van der Waals surface area contributed by atoms with Crippen molar-refractivity contribution in [3.8, 4) is 0 Å². The third-order valence-electron chi connectivity index (χ3n) is 4.92. The number of carbonyl (C=O) groups excluding carboxylic acids is 2. The number of esters is 1. The molecular weight excluding hydrogens is 449 g/mol. The molecule has 1 amide bonds. The van der Waals surface area contributed by atoms with Gasteiger partial charge in [-0.1, -0.05) is 18.2 Å². The molecule has 7 nitrogen and oxygen atoms in total. The zero-order valence-electron chi connectivity index (χ0n) is 17.1. The van der Waals surface area contributed by atoms with E-state index in [1.807, 2.05) is 0 Å². The Morgan fingerprint density at radius 3 is 2.38 bits per heavy atom. The van der Waals surface area contributed by atoms with Crippen molar-refractivity contribution in [3.63, 3.8) is 0 Å². The average molecular weight is 470 g/mol. The number of hydrogen-bond donors (Lipinski definition) is 1. The molecule has 0 aliphatic carbocycles. The fraction of sp³-hybridized carbons (Fsp3) is 0.333. The Balaban J connectivity index is 1.71. The lowest BCUT2D eigenvalue weighted by Crippen LogP contribution is -2.31. The van der Waals surface area contributed by atoms with E-state index in [1.54, 1.807) is 0 Å². The third-order valence-corrected chi connectivity index (χ3v) is 6.81. The van der Waals surface area contributed by atoms with Crippen LogP contribution in [-0.4, -0.2) is 43.8 Å². The Kier molecular flexibility index (Phi) is 6.89. The first kappa shape index (κ1) is 23.7. The van der Waals surface area contributed by atoms with E-state index in [9.17, 15) is 31.2 Å². The molecule has 0 saturated carbocycles. The van der Waals surface area contributed by atoms with Crippen LogP contribution in [0.25, 0.3) is 0 Å². The molecule has 1 heterocycles. The molecule has 0 spiro atoms. The molecule has 172 valence electrons. The van der Waals surface area contributed by atoms with Crippen molar-refractivity contribution in [3.05, 3.63) is 59.7 Å². The lowest BCUT2D eigenvalue weighted by molar-refractivity contribution is -0.137. The number of amides is 1. The largest absolute Gasteiger partial charge is 0.449 e. The second-order valence-electron chi connectivity index (χ2n) is 7.22. The number of carbonyl (C=O) groups is 2. The summed E-state index contributed by atoms with van der Waals surface area (Å²) >= 11 is 0. The predicted molar refractivity (Wildman–Crippen MR) is 109 cm³/mol. The zero-order chi connectivity index (χ0) is 23.5. The number of benzene rings is 2. The first-order valence-corrected chi connectivity index (χ1v) is 11.2. The molecule has 1 aliphatic rings. The summed E-state index contributed by atoms with van der Waals surface area (Å²) in [5, 5.41) is 2.11. The predicted octanol–water partition coefficient (Wildman–Crippen LogP) is 3.67. The van der Waals surface area contributed by atoms with Crippen LogP contribution >= 0.6 is 0 Å². The highest BCUT2D eigenvalue weighted by atomic mass is 32.2. The van der Waals surface area contributed by atoms with Crippen LogP contribution in [0.4, 0.5) is 18.9 Å². The molecule has 0 aromatic heterocycles. The molecule has 1 unspecified atom stereocenters. The quantitative estimate of drug-likeness (QED) is 0.651. The number of alkyl halides is 3. The van der Waals surface area contributed by atoms with Crippen LogP contribution in [0, 0.1) is 0 Å². The Bertz CT molecular complexity index is 1110. The molecule has 3 rings (SSSR count). The van der Waals surface area contributed by atoms with Gasteiger partial charge in [-0.05, 0) is 50.1 Å². The van der Waals surface area contributed by atoms with E-state index in [0.29, 0.717) is 13.1 Å². The first-order chi connectivity index (χ1) is 15.0. The van der Waals surface area contributed by atoms with Crippen LogP contribution in [0.2, 0.25) is 0 Å². The second-order valence-corrected chi connectivity index (χ2v) is 9.16. The number of nitrogens with zero attached hydrogens (tertiary/aromatic N) is 1. The van der Waals surface area contributed by atoms with Crippen LogP contribution in [0.5, 0.6) is 0 Å². The lowest BCUT2D eigenvalue weighted by Gasteiger charge is -2.17. The van der Waals surface area contributed by atoms with Crippen molar-refractivity contribution in [2.24, 2.45) is 0 Å². The Morgan fingerprint density at radius 1 is 1.06 bits per heavy atom. The van der Waals surface area contributed by atoms with Gasteiger partial charge in [-0.15, -0.1) is 0 Å². The molecule has 0 radical (unpaired) electrons. The number of halogens is 3. The number of ether oxygens (including phenoxy) is 1. The van der Waals surface area contributed by atoms with E-state index in [1.165, 1.54) is 41.6 Å². The van der Waals surface area contributed by atoms with Gasteiger partial charge in [0.2, 0.25) is 10.0 Å². The summed E-state index contributed by atoms with van der Waals surface area (Å²) in [5.41, 5.74) is -1.60. The van der Waals surface area contributed by atoms with Gasteiger partial charge in [-0.2, -0.15) is 17.5 Å². The molecule has 1 fully saturated rings. The van der Waals surface area contributed by atoms with Gasteiger partial charge >= 0.3 is 12.1 Å². The summed E-state index contributed by atoms with van der Waals surface area (Å²) in [4.78, 5) is 24.7. The van der Waals surface area contributed by atoms with Gasteiger partial charge in [0.05, 0.1) is 21.7 Å². The highest BCUT2D eigenvalue weighted by Crippen LogP contribution is 2.34. The summed E-state index contributed by atoms with van der Waals surface area (Å²) in [6.07, 6.45) is -4.59. The van der Waals surface area contributed by atoms with Crippen LogP contribution in [-0.2, 0) is 25.7 Å². The molecule has 1 aliphatic heterocycles. The lowest BCUT2D eigenvalue weighted by atomic mass is 10.1. The minimum atomic E-state index is -4.68. The van der Waals surface area contributed by atoms with E-state index in [0.717, 1.165) is 31.0 Å². The second kappa shape index (κ2) is 9.29. The molecule has 11 heteroatoms. The maximum atomic E-state index is 13.1. The Labute approximate surface area is 183 Å². The smallest absolute Gasteiger partial charge is 0.418 e. The molecule has 0 bridgehead atoms. The zero-order valence-corrected chi connectivity index (χ0v) is 17.9. The fourth-order valence-electron chi connectivity index (χ4n) is 3.22. The molecular formula is C21H21F3N2O5S. The van der Waals surface area contributed by atoms with Crippen LogP contribution < -0.4 is 5.32 Å². The van der Waals surface area contributed by atoms with Crippen molar-refractivity contribution in [1.82, 2.24) is 4.31 Å². The summed E-state index contributed by atoms with van der Waals surface area (Å²) in [6.45, 7) is 2.00. The minimum absolute atomic E-state index is 0.0786. The van der Waals surface area contributed by atoms with Gasteiger partial charge in [0.1, 0.15) is 0 Å². The molecule has 2 aromatic rings. The number of nitrogens with one attached hydrogen (secondary N) is 1. The maximum absolute atomic E-state index is 13.1. The summed E-state index contributed by atoms with van der Waals surface area (Å²) in [7, 11) is -3.76. The van der Waals surface area contributed by atoms with Crippen LogP contribution in [0.1, 0.15) is 35.7 Å². The molecule has 32 heavy (non-hydrogen) atoms. The highest BCUT2D eigenvalue weighted by Gasteiger charge is 2.34. The molecule has 1 N–H and O–H groups in total. The topological polar surface area (TPSA) is 92.8 Å². The van der Waals surface area contributed by atoms with Crippen molar-refractivity contribution in [2.45, 2.75) is 36.9 Å². The maximum Gasteiger partial charge on any atom is 0.418 e. The Morgan fingerprint density at radius 2 is 1.72 bits per heavy atom. The first-order valence-electron chi connectivity index (χ1n) is 9.78. The van der Waals surface area contributed by atoms with Gasteiger partial charge in [0.25, 0.3) is 5.91 Å².